The van der Waals surface area contributed by atoms with Gasteiger partial charge in [0.2, 0.25) is 0 Å². The van der Waals surface area contributed by atoms with E-state index in [9.17, 15) is 0 Å². The monoisotopic (exact) mass is 264 g/mol. The quantitative estimate of drug-likeness (QED) is 0.731. The first-order valence-electron chi connectivity index (χ1n) is 7.06. The number of methoxy groups -OCH3 is 1. The minimum Gasteiger partial charge on any atom is -0.496 e. The summed E-state index contributed by atoms with van der Waals surface area (Å²) >= 11 is 0. The van der Waals surface area contributed by atoms with E-state index in [1.807, 2.05) is 7.05 Å². The lowest BCUT2D eigenvalue weighted by molar-refractivity contribution is 0.317. The van der Waals surface area contributed by atoms with Crippen LogP contribution in [0.2, 0.25) is 0 Å². The van der Waals surface area contributed by atoms with E-state index in [-0.39, 0.29) is 0 Å². The summed E-state index contributed by atoms with van der Waals surface area (Å²) in [6, 6.07) is 4.26. The Balaban J connectivity index is 2.54. The van der Waals surface area contributed by atoms with E-state index < -0.39 is 0 Å². The van der Waals surface area contributed by atoms with Crippen molar-refractivity contribution in [1.82, 2.24) is 10.2 Å². The molecule has 0 heterocycles. The molecule has 0 unspecified atom stereocenters. The largest absolute Gasteiger partial charge is 0.496 e. The van der Waals surface area contributed by atoms with Crippen molar-refractivity contribution in [3.05, 3.63) is 28.8 Å². The molecular formula is C16H28N2O. The first kappa shape index (κ1) is 16.0. The Morgan fingerprint density at radius 1 is 1.16 bits per heavy atom. The Morgan fingerprint density at radius 2 is 1.89 bits per heavy atom. The number of rotatable bonds is 8. The molecule has 19 heavy (non-hydrogen) atoms. The van der Waals surface area contributed by atoms with E-state index in [1.54, 1.807) is 7.11 Å². The molecule has 0 bridgehead atoms. The standard InChI is InChI=1S/C16H28N2O/c1-13-14(2)16(19-5)9-8-15(13)12-18(4)11-7-6-10-17-3/h8-9,17H,6-7,10-12H2,1-5H3. The normalized spacial score (nSPS) is 11.1. The third-order valence-corrected chi connectivity index (χ3v) is 3.73. The summed E-state index contributed by atoms with van der Waals surface area (Å²) in [6.45, 7) is 7.57. The fourth-order valence-electron chi connectivity index (χ4n) is 2.30. The maximum absolute atomic E-state index is 5.36. The second-order valence-electron chi connectivity index (χ2n) is 5.23. The highest BCUT2D eigenvalue weighted by Crippen LogP contribution is 2.24. The van der Waals surface area contributed by atoms with Crippen LogP contribution in [0.25, 0.3) is 0 Å². The van der Waals surface area contributed by atoms with Crippen LogP contribution in [0.1, 0.15) is 29.5 Å². The zero-order valence-corrected chi connectivity index (χ0v) is 13.0. The first-order chi connectivity index (χ1) is 9.10. The number of nitrogens with zero attached hydrogens (tertiary/aromatic N) is 1. The van der Waals surface area contributed by atoms with Gasteiger partial charge in [0, 0.05) is 6.54 Å². The molecule has 0 aliphatic heterocycles. The highest BCUT2D eigenvalue weighted by atomic mass is 16.5. The van der Waals surface area contributed by atoms with Crippen molar-refractivity contribution in [1.29, 1.82) is 0 Å². The zero-order chi connectivity index (χ0) is 14.3. The first-order valence-corrected chi connectivity index (χ1v) is 7.06. The van der Waals surface area contributed by atoms with Gasteiger partial charge in [-0.2, -0.15) is 0 Å². The minimum absolute atomic E-state index is 0.984. The van der Waals surface area contributed by atoms with Gasteiger partial charge in [-0.3, -0.25) is 0 Å². The van der Waals surface area contributed by atoms with Gasteiger partial charge in [-0.25, -0.2) is 0 Å². The van der Waals surface area contributed by atoms with Crippen LogP contribution in [0.15, 0.2) is 12.1 Å². The second kappa shape index (κ2) is 8.18. The fraction of sp³-hybridized carbons (Fsp3) is 0.625. The van der Waals surface area contributed by atoms with Gasteiger partial charge in [-0.05, 0) is 76.6 Å². The smallest absolute Gasteiger partial charge is 0.122 e. The lowest BCUT2D eigenvalue weighted by Gasteiger charge is -2.19. The molecule has 0 saturated heterocycles. The molecule has 0 saturated carbocycles. The number of hydrogen-bond donors (Lipinski definition) is 1. The molecule has 0 aliphatic rings. The molecule has 1 aromatic rings. The molecule has 0 aromatic heterocycles. The lowest BCUT2D eigenvalue weighted by atomic mass is 10.0. The summed E-state index contributed by atoms with van der Waals surface area (Å²) in [5, 5.41) is 3.19. The Labute approximate surface area is 118 Å². The summed E-state index contributed by atoms with van der Waals surface area (Å²) in [7, 11) is 5.93. The van der Waals surface area contributed by atoms with Gasteiger partial charge in [0.25, 0.3) is 0 Å². The van der Waals surface area contributed by atoms with Crippen molar-refractivity contribution >= 4 is 0 Å². The Bertz CT molecular complexity index is 391. The van der Waals surface area contributed by atoms with Crippen LogP contribution in [0, 0.1) is 13.8 Å². The maximum Gasteiger partial charge on any atom is 0.122 e. The van der Waals surface area contributed by atoms with Crippen molar-refractivity contribution in [2.24, 2.45) is 0 Å². The molecule has 0 aliphatic carbocycles. The topological polar surface area (TPSA) is 24.5 Å². The van der Waals surface area contributed by atoms with Crippen LogP contribution in [0.5, 0.6) is 5.75 Å². The number of hydrogen-bond acceptors (Lipinski definition) is 3. The summed E-state index contributed by atoms with van der Waals surface area (Å²) in [6.07, 6.45) is 2.48. The van der Waals surface area contributed by atoms with E-state index in [1.165, 1.54) is 29.5 Å². The van der Waals surface area contributed by atoms with Gasteiger partial charge in [-0.1, -0.05) is 6.07 Å². The van der Waals surface area contributed by atoms with Crippen LogP contribution in [-0.4, -0.2) is 39.2 Å². The van der Waals surface area contributed by atoms with Crippen LogP contribution in [0.4, 0.5) is 0 Å². The van der Waals surface area contributed by atoms with Gasteiger partial charge in [0.1, 0.15) is 5.75 Å². The van der Waals surface area contributed by atoms with Gasteiger partial charge in [0.15, 0.2) is 0 Å². The molecule has 1 N–H and O–H groups in total. The zero-order valence-electron chi connectivity index (χ0n) is 13.0. The van der Waals surface area contributed by atoms with Crippen LogP contribution < -0.4 is 10.1 Å². The number of nitrogens with one attached hydrogen (secondary N) is 1. The van der Waals surface area contributed by atoms with Gasteiger partial charge in [-0.15, -0.1) is 0 Å². The molecule has 0 amide bonds. The second-order valence-corrected chi connectivity index (χ2v) is 5.23. The average Bonchev–Trinajstić information content (AvgIpc) is 2.40. The SMILES string of the molecule is CNCCCCN(C)Cc1ccc(OC)c(C)c1C. The summed E-state index contributed by atoms with van der Waals surface area (Å²) in [5.74, 6) is 0.984. The summed E-state index contributed by atoms with van der Waals surface area (Å²) in [4.78, 5) is 2.39. The van der Waals surface area contributed by atoms with E-state index in [0.717, 1.165) is 25.4 Å². The molecule has 0 atom stereocenters. The molecule has 1 rings (SSSR count). The maximum atomic E-state index is 5.36. The highest BCUT2D eigenvalue weighted by molar-refractivity contribution is 5.43. The van der Waals surface area contributed by atoms with Gasteiger partial charge >= 0.3 is 0 Å². The summed E-state index contributed by atoms with van der Waals surface area (Å²) < 4.78 is 5.36. The molecule has 0 fully saturated rings. The van der Waals surface area contributed by atoms with Crippen molar-refractivity contribution < 1.29 is 4.74 Å². The third-order valence-electron chi connectivity index (χ3n) is 3.73. The molecular weight excluding hydrogens is 236 g/mol. The molecule has 3 nitrogen and oxygen atoms in total. The van der Waals surface area contributed by atoms with Crippen molar-refractivity contribution in [2.75, 3.05) is 34.3 Å². The number of ether oxygens (including phenoxy) is 1. The van der Waals surface area contributed by atoms with Crippen molar-refractivity contribution in [3.63, 3.8) is 0 Å². The van der Waals surface area contributed by atoms with Gasteiger partial charge < -0.3 is 15.0 Å². The Morgan fingerprint density at radius 3 is 2.53 bits per heavy atom. The third kappa shape index (κ3) is 4.84. The van der Waals surface area contributed by atoms with Crippen molar-refractivity contribution in [3.8, 4) is 5.75 Å². The number of unbranched alkanes of at least 4 members (excludes halogenated alkanes) is 1. The van der Waals surface area contributed by atoms with E-state index in [4.69, 9.17) is 4.74 Å². The van der Waals surface area contributed by atoms with Crippen LogP contribution in [0.3, 0.4) is 0 Å². The minimum atomic E-state index is 0.984. The fourth-order valence-corrected chi connectivity index (χ4v) is 2.30. The summed E-state index contributed by atoms with van der Waals surface area (Å²) in [5.41, 5.74) is 4.00. The Kier molecular flexibility index (Phi) is 6.89. The molecule has 1 aromatic carbocycles. The van der Waals surface area contributed by atoms with E-state index in [2.05, 4.69) is 43.2 Å². The highest BCUT2D eigenvalue weighted by Gasteiger charge is 2.08. The molecule has 108 valence electrons. The predicted molar refractivity (Wildman–Crippen MR) is 82.0 cm³/mol. The van der Waals surface area contributed by atoms with Crippen molar-refractivity contribution in [2.45, 2.75) is 33.2 Å². The van der Waals surface area contributed by atoms with Gasteiger partial charge in [0.05, 0.1) is 7.11 Å². The molecule has 3 heteroatoms. The van der Waals surface area contributed by atoms with Crippen LogP contribution in [-0.2, 0) is 6.54 Å². The lowest BCUT2D eigenvalue weighted by Crippen LogP contribution is -2.21. The molecule has 0 radical (unpaired) electrons. The predicted octanol–water partition coefficient (Wildman–Crippen LogP) is 2.74. The van der Waals surface area contributed by atoms with E-state index in [0.29, 0.717) is 0 Å². The van der Waals surface area contributed by atoms with E-state index >= 15 is 0 Å². The Hall–Kier alpha value is -1.06. The average molecular weight is 264 g/mol. The van der Waals surface area contributed by atoms with Crippen LogP contribution >= 0.6 is 0 Å². The number of benzene rings is 1. The molecule has 0 spiro atoms.